The van der Waals surface area contributed by atoms with Gasteiger partial charge >= 0.3 is 0 Å². The molecule has 1 atom stereocenters. The Bertz CT molecular complexity index is 1130. The molecular formula is C23H24N4O4. The maximum Gasteiger partial charge on any atom is 0.227 e. The summed E-state index contributed by atoms with van der Waals surface area (Å²) in [6.45, 7) is 2.71. The molecule has 1 saturated heterocycles. The molecule has 1 N–H and O–H groups in total. The highest BCUT2D eigenvalue weighted by atomic mass is 16.6. The summed E-state index contributed by atoms with van der Waals surface area (Å²) in [4.78, 5) is 31.2. The average molecular weight is 420 g/mol. The van der Waals surface area contributed by atoms with E-state index in [1.165, 1.54) is 0 Å². The molecule has 0 saturated carbocycles. The first-order chi connectivity index (χ1) is 15.2. The van der Waals surface area contributed by atoms with Crippen molar-refractivity contribution in [1.82, 2.24) is 14.9 Å². The normalized spacial score (nSPS) is 17.9. The molecule has 2 aromatic carbocycles. The van der Waals surface area contributed by atoms with Crippen LogP contribution in [-0.2, 0) is 16.1 Å². The molecule has 1 aromatic heterocycles. The van der Waals surface area contributed by atoms with Crippen molar-refractivity contribution in [2.24, 2.45) is 5.92 Å². The van der Waals surface area contributed by atoms with E-state index in [0.29, 0.717) is 37.8 Å². The lowest BCUT2D eigenvalue weighted by Crippen LogP contribution is -2.33. The van der Waals surface area contributed by atoms with Crippen molar-refractivity contribution < 1.29 is 19.1 Å². The van der Waals surface area contributed by atoms with E-state index in [1.54, 1.807) is 4.90 Å². The van der Waals surface area contributed by atoms with Crippen LogP contribution in [0.2, 0.25) is 0 Å². The monoisotopic (exact) mass is 420 g/mol. The smallest absolute Gasteiger partial charge is 0.227 e. The molecule has 2 aliphatic heterocycles. The van der Waals surface area contributed by atoms with Gasteiger partial charge in [0.25, 0.3) is 0 Å². The molecule has 2 amide bonds. The number of aryl methyl sites for hydroxylation is 1. The van der Waals surface area contributed by atoms with Gasteiger partial charge in [0, 0.05) is 37.8 Å². The van der Waals surface area contributed by atoms with Crippen LogP contribution in [0.25, 0.3) is 11.0 Å². The summed E-state index contributed by atoms with van der Waals surface area (Å²) >= 11 is 0. The van der Waals surface area contributed by atoms with E-state index >= 15 is 0 Å². The Morgan fingerprint density at radius 2 is 1.97 bits per heavy atom. The van der Waals surface area contributed by atoms with Crippen LogP contribution in [0.4, 0.5) is 5.69 Å². The Labute approximate surface area is 179 Å². The summed E-state index contributed by atoms with van der Waals surface area (Å²) in [5.41, 5.74) is 2.79. The molecule has 0 radical (unpaired) electrons. The molecule has 8 nitrogen and oxygen atoms in total. The second-order valence-corrected chi connectivity index (χ2v) is 7.80. The van der Waals surface area contributed by atoms with Gasteiger partial charge in [-0.15, -0.1) is 0 Å². The standard InChI is InChI=1S/C23H24N4O4/c28-22-12-16(14-27(22)17-6-7-20-21(13-17)31-11-10-30-20)23(29)24-8-3-9-26-15-25-18-4-1-2-5-19(18)26/h1-2,4-7,13,15-16H,3,8-12,14H2,(H,24,29)/t16-/m1/s1. The zero-order chi connectivity index (χ0) is 21.2. The number of aromatic nitrogens is 2. The Morgan fingerprint density at radius 3 is 2.87 bits per heavy atom. The number of nitrogens with zero attached hydrogens (tertiary/aromatic N) is 3. The van der Waals surface area contributed by atoms with Crippen molar-refractivity contribution >= 4 is 28.5 Å². The fourth-order valence-corrected chi connectivity index (χ4v) is 4.13. The van der Waals surface area contributed by atoms with E-state index in [1.807, 2.05) is 48.8 Å². The van der Waals surface area contributed by atoms with Crippen LogP contribution < -0.4 is 19.7 Å². The Kier molecular flexibility index (Phi) is 5.19. The summed E-state index contributed by atoms with van der Waals surface area (Å²) < 4.78 is 13.2. The molecular weight excluding hydrogens is 396 g/mol. The summed E-state index contributed by atoms with van der Waals surface area (Å²) in [6.07, 6.45) is 2.83. The van der Waals surface area contributed by atoms with Crippen molar-refractivity contribution in [2.45, 2.75) is 19.4 Å². The molecule has 0 unspecified atom stereocenters. The second-order valence-electron chi connectivity index (χ2n) is 7.80. The third-order valence-corrected chi connectivity index (χ3v) is 5.74. The molecule has 3 aromatic rings. The van der Waals surface area contributed by atoms with E-state index in [4.69, 9.17) is 9.47 Å². The quantitative estimate of drug-likeness (QED) is 0.619. The topological polar surface area (TPSA) is 85.7 Å². The number of hydrogen-bond donors (Lipinski definition) is 1. The van der Waals surface area contributed by atoms with Crippen LogP contribution in [0.3, 0.4) is 0 Å². The fourth-order valence-electron chi connectivity index (χ4n) is 4.13. The molecule has 1 fully saturated rings. The lowest BCUT2D eigenvalue weighted by Gasteiger charge is -2.22. The van der Waals surface area contributed by atoms with Gasteiger partial charge in [0.05, 0.1) is 23.3 Å². The highest BCUT2D eigenvalue weighted by Crippen LogP contribution is 2.36. The third-order valence-electron chi connectivity index (χ3n) is 5.74. The number of amides is 2. The third kappa shape index (κ3) is 3.93. The molecule has 31 heavy (non-hydrogen) atoms. The van der Waals surface area contributed by atoms with Gasteiger partial charge in [-0.1, -0.05) is 12.1 Å². The minimum absolute atomic E-state index is 0.0540. The van der Waals surface area contributed by atoms with Crippen molar-refractivity contribution in [3.05, 3.63) is 48.8 Å². The number of carbonyl (C=O) groups excluding carboxylic acids is 2. The number of fused-ring (bicyclic) bond motifs is 2. The van der Waals surface area contributed by atoms with Gasteiger partial charge in [0.15, 0.2) is 11.5 Å². The number of anilines is 1. The molecule has 0 aliphatic carbocycles. The van der Waals surface area contributed by atoms with E-state index in [9.17, 15) is 9.59 Å². The van der Waals surface area contributed by atoms with Crippen LogP contribution in [0.15, 0.2) is 48.8 Å². The van der Waals surface area contributed by atoms with Crippen molar-refractivity contribution in [1.29, 1.82) is 0 Å². The van der Waals surface area contributed by atoms with Gasteiger partial charge in [0.1, 0.15) is 13.2 Å². The van der Waals surface area contributed by atoms with Gasteiger partial charge in [0.2, 0.25) is 11.8 Å². The Balaban J connectivity index is 1.14. The Hall–Kier alpha value is -3.55. The lowest BCUT2D eigenvalue weighted by molar-refractivity contribution is -0.126. The number of imidazole rings is 1. The number of para-hydroxylation sites is 2. The SMILES string of the molecule is O=C(NCCCn1cnc2ccccc21)[C@@H]1CC(=O)N(c2ccc3c(c2)OCCO3)C1. The lowest BCUT2D eigenvalue weighted by atomic mass is 10.1. The molecule has 0 spiro atoms. The minimum Gasteiger partial charge on any atom is -0.486 e. The molecule has 160 valence electrons. The highest BCUT2D eigenvalue weighted by Gasteiger charge is 2.35. The van der Waals surface area contributed by atoms with Crippen LogP contribution in [0.1, 0.15) is 12.8 Å². The first-order valence-corrected chi connectivity index (χ1v) is 10.6. The number of nitrogens with one attached hydrogen (secondary N) is 1. The van der Waals surface area contributed by atoms with E-state index in [-0.39, 0.29) is 24.2 Å². The number of carbonyl (C=O) groups is 2. The van der Waals surface area contributed by atoms with E-state index in [0.717, 1.165) is 29.7 Å². The van der Waals surface area contributed by atoms with Crippen LogP contribution in [0, 0.1) is 5.92 Å². The maximum absolute atomic E-state index is 12.6. The largest absolute Gasteiger partial charge is 0.486 e. The summed E-state index contributed by atoms with van der Waals surface area (Å²) in [6, 6.07) is 13.4. The number of benzene rings is 2. The number of hydrogen-bond acceptors (Lipinski definition) is 5. The number of rotatable bonds is 6. The zero-order valence-electron chi connectivity index (χ0n) is 17.1. The van der Waals surface area contributed by atoms with Crippen molar-refractivity contribution in [3.63, 3.8) is 0 Å². The highest BCUT2D eigenvalue weighted by molar-refractivity contribution is 6.00. The molecule has 8 heteroatoms. The predicted molar refractivity (Wildman–Crippen MR) is 115 cm³/mol. The predicted octanol–water partition coefficient (Wildman–Crippen LogP) is 2.37. The van der Waals surface area contributed by atoms with Gasteiger partial charge in [-0.25, -0.2) is 4.98 Å². The molecule has 0 bridgehead atoms. The molecule has 2 aliphatic rings. The molecule has 3 heterocycles. The average Bonchev–Trinajstić information content (AvgIpc) is 3.40. The van der Waals surface area contributed by atoms with Crippen LogP contribution >= 0.6 is 0 Å². The van der Waals surface area contributed by atoms with Crippen LogP contribution in [0.5, 0.6) is 11.5 Å². The zero-order valence-corrected chi connectivity index (χ0v) is 17.1. The van der Waals surface area contributed by atoms with Crippen LogP contribution in [-0.4, -0.2) is 47.7 Å². The fraction of sp³-hybridized carbons (Fsp3) is 0.348. The molecule has 5 rings (SSSR count). The minimum atomic E-state index is -0.352. The van der Waals surface area contributed by atoms with Gasteiger partial charge in [-0.05, 0) is 30.7 Å². The first kappa shape index (κ1) is 19.4. The van der Waals surface area contributed by atoms with Gasteiger partial charge in [-0.2, -0.15) is 0 Å². The van der Waals surface area contributed by atoms with E-state index < -0.39 is 0 Å². The van der Waals surface area contributed by atoms with Gasteiger partial charge < -0.3 is 24.3 Å². The summed E-state index contributed by atoms with van der Waals surface area (Å²) in [5.74, 6) is 0.832. The van der Waals surface area contributed by atoms with Crippen molar-refractivity contribution in [3.8, 4) is 11.5 Å². The van der Waals surface area contributed by atoms with Gasteiger partial charge in [-0.3, -0.25) is 9.59 Å². The maximum atomic E-state index is 12.6. The summed E-state index contributed by atoms with van der Waals surface area (Å²) in [5, 5.41) is 2.98. The second kappa shape index (κ2) is 8.29. The van der Waals surface area contributed by atoms with Crippen molar-refractivity contribution in [2.75, 3.05) is 31.2 Å². The summed E-state index contributed by atoms with van der Waals surface area (Å²) in [7, 11) is 0. The van der Waals surface area contributed by atoms with E-state index in [2.05, 4.69) is 14.9 Å². The first-order valence-electron chi connectivity index (χ1n) is 10.6. The number of ether oxygens (including phenoxy) is 2. The Morgan fingerprint density at radius 1 is 1.13 bits per heavy atom.